The molecule has 0 bridgehead atoms. The molecule has 0 aliphatic rings. The molecule has 0 aliphatic heterocycles. The zero-order valence-corrected chi connectivity index (χ0v) is 17.5. The molecule has 0 aliphatic carbocycles. The van der Waals surface area contributed by atoms with Crippen molar-refractivity contribution in [2.24, 2.45) is 0 Å². The summed E-state index contributed by atoms with van der Waals surface area (Å²) in [4.78, 5) is 10.4. The molecule has 1 N–H and O–H groups in total. The Morgan fingerprint density at radius 3 is 2.52 bits per heavy atom. The Bertz CT molecular complexity index is 647. The van der Waals surface area contributed by atoms with Crippen LogP contribution in [0.4, 0.5) is 5.82 Å². The first-order valence-corrected chi connectivity index (χ1v) is 9.57. The Hall–Kier alpha value is 0.0800. The Balaban J connectivity index is 2.64. The minimum atomic E-state index is -0.0450. The smallest absolute Gasteiger partial charge is 0.172 e. The van der Waals surface area contributed by atoms with E-state index in [1.807, 2.05) is 6.07 Å². The van der Waals surface area contributed by atoms with Gasteiger partial charge in [-0.1, -0.05) is 32.4 Å². The highest BCUT2D eigenvalue weighted by atomic mass is 127. The average Bonchev–Trinajstić information content (AvgIpc) is 2.71. The molecule has 2 aromatic heterocycles. The molecule has 2 rings (SSSR count). The van der Waals surface area contributed by atoms with Crippen molar-refractivity contribution in [3.8, 4) is 10.7 Å². The van der Waals surface area contributed by atoms with E-state index in [1.165, 1.54) is 11.3 Å². The number of nitrogens with one attached hydrogen (secondary N) is 1. The summed E-state index contributed by atoms with van der Waals surface area (Å²) < 4.78 is 2.68. The number of hydrogen-bond acceptors (Lipinski definition) is 4. The Labute approximate surface area is 156 Å². The summed E-state index contributed by atoms with van der Waals surface area (Å²) in [6.07, 6.45) is 0. The molecule has 21 heavy (non-hydrogen) atoms. The Morgan fingerprint density at radius 1 is 1.38 bits per heavy atom. The van der Waals surface area contributed by atoms with Gasteiger partial charge in [-0.15, -0.1) is 11.3 Å². The highest BCUT2D eigenvalue weighted by Crippen LogP contribution is 2.38. The molecule has 0 amide bonds. The largest absolute Gasteiger partial charge is 0.369 e. The van der Waals surface area contributed by atoms with E-state index in [9.17, 15) is 0 Å². The van der Waals surface area contributed by atoms with Gasteiger partial charge in [-0.25, -0.2) is 9.97 Å². The maximum Gasteiger partial charge on any atom is 0.172 e. The molecule has 0 fully saturated rings. The van der Waals surface area contributed by atoms with Gasteiger partial charge < -0.3 is 5.32 Å². The molecule has 2 heterocycles. The molecule has 0 saturated carbocycles. The fourth-order valence-corrected chi connectivity index (χ4v) is 4.67. The van der Waals surface area contributed by atoms with E-state index >= 15 is 0 Å². The van der Waals surface area contributed by atoms with E-state index in [2.05, 4.69) is 76.5 Å². The van der Waals surface area contributed by atoms with Gasteiger partial charge in [-0.3, -0.25) is 0 Å². The van der Waals surface area contributed by atoms with Crippen LogP contribution in [-0.2, 0) is 5.41 Å². The second kappa shape index (κ2) is 6.68. The van der Waals surface area contributed by atoms with Crippen LogP contribution in [0.15, 0.2) is 10.5 Å². The molecule has 0 unspecified atom stereocenters. The van der Waals surface area contributed by atoms with Crippen LogP contribution < -0.4 is 5.32 Å². The minimum absolute atomic E-state index is 0.0450. The van der Waals surface area contributed by atoms with Crippen molar-refractivity contribution in [1.82, 2.24) is 9.97 Å². The van der Waals surface area contributed by atoms with E-state index in [1.54, 1.807) is 0 Å². The summed E-state index contributed by atoms with van der Waals surface area (Å²) in [6, 6.07) is 1.97. The molecule has 114 valence electrons. The van der Waals surface area contributed by atoms with Crippen LogP contribution in [0.25, 0.3) is 10.7 Å². The SMILES string of the molecule is CCNc1nc(-c2cc(Br)c(Cl)s2)nc(C(C)(C)C)c1I. The van der Waals surface area contributed by atoms with Crippen molar-refractivity contribution >= 4 is 67.3 Å². The van der Waals surface area contributed by atoms with Gasteiger partial charge in [0.1, 0.15) is 10.2 Å². The van der Waals surface area contributed by atoms with Crippen LogP contribution in [0.3, 0.4) is 0 Å². The van der Waals surface area contributed by atoms with Crippen LogP contribution in [-0.4, -0.2) is 16.5 Å². The summed E-state index contributed by atoms with van der Waals surface area (Å²) in [6.45, 7) is 9.37. The average molecular weight is 501 g/mol. The zero-order chi connectivity index (χ0) is 15.8. The predicted octanol–water partition coefficient (Wildman–Crippen LogP) is 5.95. The monoisotopic (exact) mass is 499 g/mol. The fourth-order valence-electron chi connectivity index (χ4n) is 1.80. The predicted molar refractivity (Wildman–Crippen MR) is 104 cm³/mol. The molecule has 0 saturated heterocycles. The van der Waals surface area contributed by atoms with Gasteiger partial charge in [0.15, 0.2) is 5.82 Å². The van der Waals surface area contributed by atoms with Crippen LogP contribution in [0.1, 0.15) is 33.4 Å². The first kappa shape index (κ1) is 17.4. The van der Waals surface area contributed by atoms with Gasteiger partial charge in [-0.05, 0) is 51.5 Å². The van der Waals surface area contributed by atoms with Crippen LogP contribution in [0.2, 0.25) is 4.34 Å². The van der Waals surface area contributed by atoms with Crippen LogP contribution >= 0.6 is 61.5 Å². The molecule has 0 spiro atoms. The second-order valence-corrected chi connectivity index (χ2v) is 9.16. The van der Waals surface area contributed by atoms with E-state index in [4.69, 9.17) is 16.6 Å². The maximum absolute atomic E-state index is 6.14. The van der Waals surface area contributed by atoms with E-state index in [0.717, 1.165) is 35.3 Å². The third kappa shape index (κ3) is 3.89. The summed E-state index contributed by atoms with van der Waals surface area (Å²) >= 11 is 13.4. The number of rotatable bonds is 3. The summed E-state index contributed by atoms with van der Waals surface area (Å²) in [7, 11) is 0. The van der Waals surface area contributed by atoms with Gasteiger partial charge in [0, 0.05) is 16.4 Å². The molecule has 0 atom stereocenters. The van der Waals surface area contributed by atoms with E-state index < -0.39 is 0 Å². The van der Waals surface area contributed by atoms with Gasteiger partial charge in [0.25, 0.3) is 0 Å². The van der Waals surface area contributed by atoms with Gasteiger partial charge in [0.05, 0.1) is 14.1 Å². The third-order valence-electron chi connectivity index (χ3n) is 2.77. The topological polar surface area (TPSA) is 37.8 Å². The lowest BCUT2D eigenvalue weighted by Crippen LogP contribution is -2.18. The second-order valence-electron chi connectivity index (χ2n) is 5.57. The van der Waals surface area contributed by atoms with Gasteiger partial charge in [0.2, 0.25) is 0 Å². The van der Waals surface area contributed by atoms with Crippen molar-refractivity contribution in [3.05, 3.63) is 24.1 Å². The number of hydrogen-bond donors (Lipinski definition) is 1. The fraction of sp³-hybridized carbons (Fsp3) is 0.429. The quantitative estimate of drug-likeness (QED) is 0.529. The van der Waals surface area contributed by atoms with Crippen molar-refractivity contribution in [2.75, 3.05) is 11.9 Å². The summed E-state index contributed by atoms with van der Waals surface area (Å²) in [5, 5.41) is 3.32. The molecular weight excluding hydrogens is 485 g/mol. The number of nitrogens with zero attached hydrogens (tertiary/aromatic N) is 2. The van der Waals surface area contributed by atoms with Crippen molar-refractivity contribution in [1.29, 1.82) is 0 Å². The van der Waals surface area contributed by atoms with Crippen molar-refractivity contribution in [2.45, 2.75) is 33.1 Å². The standard InChI is InChI=1S/C14H16BrClIN3S/c1-5-18-13-9(17)10(14(2,3)4)19-12(20-13)8-6-7(15)11(16)21-8/h6H,5H2,1-4H3,(H,18,19,20). The number of thiophene rings is 1. The molecule has 0 aromatic carbocycles. The van der Waals surface area contributed by atoms with Gasteiger partial charge in [-0.2, -0.15) is 0 Å². The Kier molecular flexibility index (Phi) is 5.55. The minimum Gasteiger partial charge on any atom is -0.369 e. The number of aromatic nitrogens is 2. The Morgan fingerprint density at radius 2 is 2.05 bits per heavy atom. The van der Waals surface area contributed by atoms with Crippen LogP contribution in [0.5, 0.6) is 0 Å². The zero-order valence-electron chi connectivity index (χ0n) is 12.2. The van der Waals surface area contributed by atoms with E-state index in [-0.39, 0.29) is 5.41 Å². The first-order chi connectivity index (χ1) is 9.74. The van der Waals surface area contributed by atoms with Crippen molar-refractivity contribution in [3.63, 3.8) is 0 Å². The third-order valence-corrected chi connectivity index (χ3v) is 6.26. The lowest BCUT2D eigenvalue weighted by molar-refractivity contribution is 0.564. The molecule has 0 radical (unpaired) electrons. The normalized spacial score (nSPS) is 11.8. The highest BCUT2D eigenvalue weighted by Gasteiger charge is 2.24. The molecule has 2 aromatic rings. The summed E-state index contributed by atoms with van der Waals surface area (Å²) in [5.74, 6) is 1.60. The molecule has 7 heteroatoms. The summed E-state index contributed by atoms with van der Waals surface area (Å²) in [5.41, 5.74) is 1.00. The van der Waals surface area contributed by atoms with Crippen LogP contribution in [0, 0.1) is 3.57 Å². The molecule has 3 nitrogen and oxygen atoms in total. The lowest BCUT2D eigenvalue weighted by Gasteiger charge is -2.21. The van der Waals surface area contributed by atoms with E-state index in [0.29, 0.717) is 5.82 Å². The number of anilines is 1. The first-order valence-electron chi connectivity index (χ1n) is 6.51. The lowest BCUT2D eigenvalue weighted by atomic mass is 9.92. The number of halogens is 3. The highest BCUT2D eigenvalue weighted by molar-refractivity contribution is 14.1. The van der Waals surface area contributed by atoms with Gasteiger partial charge >= 0.3 is 0 Å². The maximum atomic E-state index is 6.14. The van der Waals surface area contributed by atoms with Crippen molar-refractivity contribution < 1.29 is 0 Å². The molecular formula is C14H16BrClIN3S.